The van der Waals surface area contributed by atoms with Gasteiger partial charge in [0.15, 0.2) is 0 Å². The van der Waals surface area contributed by atoms with Crippen molar-refractivity contribution in [3.63, 3.8) is 0 Å². The van der Waals surface area contributed by atoms with Crippen molar-refractivity contribution in [3.05, 3.63) is 22.2 Å². The third-order valence-corrected chi connectivity index (χ3v) is 6.75. The number of esters is 1. The Labute approximate surface area is 162 Å². The van der Waals surface area contributed by atoms with E-state index in [1.165, 1.54) is 14.0 Å². The van der Waals surface area contributed by atoms with Gasteiger partial charge in [-0.05, 0) is 58.5 Å². The van der Waals surface area contributed by atoms with E-state index in [2.05, 4.69) is 20.7 Å². The first-order valence-corrected chi connectivity index (χ1v) is 11.1. The van der Waals surface area contributed by atoms with E-state index >= 15 is 0 Å². The van der Waals surface area contributed by atoms with Gasteiger partial charge in [-0.1, -0.05) is 0 Å². The number of rotatable bonds is 7. The molecule has 0 bridgehead atoms. The van der Waals surface area contributed by atoms with Gasteiger partial charge in [-0.25, -0.2) is 8.93 Å². The molecule has 25 heavy (non-hydrogen) atoms. The number of hydrogen-bond donors (Lipinski definition) is 1. The number of methoxy groups -OCH3 is 1. The number of carbonyl (C=O) groups excluding carboxylic acids is 2. The molecule has 0 fully saturated rings. The van der Waals surface area contributed by atoms with Crippen molar-refractivity contribution in [3.8, 4) is 0 Å². The summed E-state index contributed by atoms with van der Waals surface area (Å²) in [5.74, 6) is 0.260. The fourth-order valence-corrected chi connectivity index (χ4v) is 5.01. The molecule has 0 saturated carbocycles. The van der Waals surface area contributed by atoms with Crippen LogP contribution in [0.25, 0.3) is 0 Å². The van der Waals surface area contributed by atoms with Crippen molar-refractivity contribution in [2.45, 2.75) is 30.7 Å². The third-order valence-electron chi connectivity index (χ3n) is 3.95. The molecule has 0 aliphatic carbocycles. The topological polar surface area (TPSA) is 75.7 Å². The summed E-state index contributed by atoms with van der Waals surface area (Å²) in [6.07, 6.45) is 3.23. The number of halogens is 1. The quantitative estimate of drug-likeness (QED) is 0.647. The zero-order valence-corrected chi connectivity index (χ0v) is 17.6. The van der Waals surface area contributed by atoms with Gasteiger partial charge in [0, 0.05) is 23.6 Å². The van der Waals surface area contributed by atoms with Crippen LogP contribution in [0.15, 0.2) is 21.5 Å². The fraction of sp³-hybridized carbons (Fsp3) is 0.500. The second-order valence-corrected chi connectivity index (χ2v) is 8.63. The van der Waals surface area contributed by atoms with Crippen LogP contribution in [-0.4, -0.2) is 47.8 Å². The van der Waals surface area contributed by atoms with E-state index in [0.717, 1.165) is 23.4 Å². The minimum Gasteiger partial charge on any atom is -0.468 e. The highest BCUT2D eigenvalue weighted by Gasteiger charge is 2.27. The summed E-state index contributed by atoms with van der Waals surface area (Å²) in [4.78, 5) is 25.8. The minimum atomic E-state index is -1.62. The Morgan fingerprint density at radius 3 is 2.80 bits per heavy atom. The van der Waals surface area contributed by atoms with E-state index in [9.17, 15) is 13.8 Å². The van der Waals surface area contributed by atoms with Gasteiger partial charge in [0.1, 0.15) is 17.0 Å². The van der Waals surface area contributed by atoms with Gasteiger partial charge in [0.25, 0.3) is 0 Å². The highest BCUT2D eigenvalue weighted by molar-refractivity contribution is 9.10. The minimum absolute atomic E-state index is 0.0434. The first kappa shape index (κ1) is 20.4. The first-order valence-electron chi connectivity index (χ1n) is 7.74. The smallest absolute Gasteiger partial charge is 0.323 e. The Kier molecular flexibility index (Phi) is 7.48. The molecule has 1 N–H and O–H groups in total. The summed E-state index contributed by atoms with van der Waals surface area (Å²) in [5.41, 5.74) is 1.81. The number of ether oxygens (including phenoxy) is 1. The maximum absolute atomic E-state index is 12.8. The molecule has 0 spiro atoms. The van der Waals surface area contributed by atoms with Crippen molar-refractivity contribution in [1.29, 1.82) is 0 Å². The second-order valence-electron chi connectivity index (χ2n) is 5.58. The lowest BCUT2D eigenvalue weighted by Gasteiger charge is -2.18. The Morgan fingerprint density at radius 1 is 1.48 bits per heavy atom. The average molecular weight is 449 g/mol. The molecule has 2 atom stereocenters. The molecular weight excluding hydrogens is 428 g/mol. The summed E-state index contributed by atoms with van der Waals surface area (Å²) >= 11 is 5.05. The normalized spacial score (nSPS) is 15.6. The largest absolute Gasteiger partial charge is 0.468 e. The van der Waals surface area contributed by atoms with Gasteiger partial charge >= 0.3 is 5.97 Å². The van der Waals surface area contributed by atoms with E-state index < -0.39 is 23.0 Å². The van der Waals surface area contributed by atoms with Crippen LogP contribution in [0.5, 0.6) is 0 Å². The molecule has 1 heterocycles. The number of nitrogens with one attached hydrogen (secondary N) is 1. The van der Waals surface area contributed by atoms with Gasteiger partial charge in [-0.15, -0.1) is 0 Å². The molecule has 0 aromatic heterocycles. The number of hydrogen-bond acceptors (Lipinski definition) is 5. The zero-order chi connectivity index (χ0) is 18.6. The van der Waals surface area contributed by atoms with Gasteiger partial charge in [-0.2, -0.15) is 11.8 Å². The molecule has 1 aromatic carbocycles. The summed E-state index contributed by atoms with van der Waals surface area (Å²) in [7, 11) is -0.302. The summed E-state index contributed by atoms with van der Waals surface area (Å²) < 4.78 is 21.1. The Morgan fingerprint density at radius 2 is 2.20 bits per heavy atom. The molecule has 9 heteroatoms. The predicted octanol–water partition coefficient (Wildman–Crippen LogP) is 2.26. The van der Waals surface area contributed by atoms with E-state index in [4.69, 9.17) is 4.74 Å². The molecule has 138 valence electrons. The lowest BCUT2D eigenvalue weighted by Crippen LogP contribution is -2.39. The van der Waals surface area contributed by atoms with E-state index in [0.29, 0.717) is 22.3 Å². The number of benzene rings is 1. The van der Waals surface area contributed by atoms with Gasteiger partial charge in [0.05, 0.1) is 12.0 Å². The van der Waals surface area contributed by atoms with Crippen molar-refractivity contribution in [2.75, 3.05) is 30.6 Å². The first-order chi connectivity index (χ1) is 11.9. The molecule has 1 amide bonds. The van der Waals surface area contributed by atoms with E-state index in [1.807, 2.05) is 12.3 Å². The van der Waals surface area contributed by atoms with Crippen LogP contribution in [0.1, 0.15) is 18.9 Å². The fourth-order valence-electron chi connectivity index (χ4n) is 2.65. The Bertz CT molecular complexity index is 699. The van der Waals surface area contributed by atoms with Crippen molar-refractivity contribution < 1.29 is 18.5 Å². The van der Waals surface area contributed by atoms with Crippen molar-refractivity contribution in [2.24, 2.45) is 0 Å². The van der Waals surface area contributed by atoms with E-state index in [-0.39, 0.29) is 5.91 Å². The SMILES string of the molecule is COC(=O)[C@H](CCSC)NS(=O)c1cc2c(cc1Br)CCN2C(C)=O. The van der Waals surface area contributed by atoms with E-state index in [1.54, 1.807) is 22.7 Å². The average Bonchev–Trinajstić information content (AvgIpc) is 2.99. The molecule has 2 rings (SSSR count). The third kappa shape index (κ3) is 4.84. The molecule has 1 aliphatic heterocycles. The molecule has 0 saturated heterocycles. The molecule has 1 aliphatic rings. The molecule has 1 aromatic rings. The molecule has 6 nitrogen and oxygen atoms in total. The maximum atomic E-state index is 12.8. The molecule has 0 radical (unpaired) electrons. The lowest BCUT2D eigenvalue weighted by molar-refractivity contribution is -0.142. The second kappa shape index (κ2) is 9.16. The number of fused-ring (bicyclic) bond motifs is 1. The van der Waals surface area contributed by atoms with Crippen LogP contribution >= 0.6 is 27.7 Å². The maximum Gasteiger partial charge on any atom is 0.323 e. The zero-order valence-electron chi connectivity index (χ0n) is 14.3. The number of thioether (sulfide) groups is 1. The summed E-state index contributed by atoms with van der Waals surface area (Å²) in [6, 6.07) is 2.99. The van der Waals surface area contributed by atoms with Gasteiger partial charge in [0.2, 0.25) is 5.91 Å². The van der Waals surface area contributed by atoms with Crippen LogP contribution < -0.4 is 9.62 Å². The number of anilines is 1. The Hall–Kier alpha value is -0.900. The van der Waals surface area contributed by atoms with Crippen LogP contribution in [0.2, 0.25) is 0 Å². The lowest BCUT2D eigenvalue weighted by atomic mass is 10.2. The van der Waals surface area contributed by atoms with Crippen LogP contribution in [0, 0.1) is 0 Å². The van der Waals surface area contributed by atoms with Crippen LogP contribution in [0.4, 0.5) is 5.69 Å². The predicted molar refractivity (Wildman–Crippen MR) is 104 cm³/mol. The van der Waals surface area contributed by atoms with Gasteiger partial charge in [-0.3, -0.25) is 9.59 Å². The number of nitrogens with zero attached hydrogens (tertiary/aromatic N) is 1. The highest BCUT2D eigenvalue weighted by Crippen LogP contribution is 2.34. The summed E-state index contributed by atoms with van der Waals surface area (Å²) in [6.45, 7) is 2.14. The van der Waals surface area contributed by atoms with Crippen molar-refractivity contribution in [1.82, 2.24) is 4.72 Å². The van der Waals surface area contributed by atoms with Crippen molar-refractivity contribution >= 4 is 56.2 Å². The number of amides is 1. The summed E-state index contributed by atoms with van der Waals surface area (Å²) in [5, 5.41) is 0. The monoisotopic (exact) mass is 448 g/mol. The standard InChI is InChI=1S/C16H21BrN2O4S2/c1-10(20)19-6-4-11-8-12(17)15(9-14(11)19)25(22)18-13(5-7-24-3)16(21)23-2/h8-9,13,18H,4-7H2,1-3H3/t13-,25?/m0/s1. The highest BCUT2D eigenvalue weighted by atomic mass is 79.9. The molecule has 1 unspecified atom stereocenters. The Balaban J connectivity index is 2.25. The van der Waals surface area contributed by atoms with Crippen LogP contribution in [0.3, 0.4) is 0 Å². The molecular formula is C16H21BrN2O4S2. The van der Waals surface area contributed by atoms with Crippen LogP contribution in [-0.2, 0) is 31.7 Å². The van der Waals surface area contributed by atoms with Gasteiger partial charge < -0.3 is 9.64 Å². The number of carbonyl (C=O) groups is 2.